The fourth-order valence-electron chi connectivity index (χ4n) is 1.86. The van der Waals surface area contributed by atoms with Crippen LogP contribution in [0.5, 0.6) is 0 Å². The topological polar surface area (TPSA) is 88.6 Å². The van der Waals surface area contributed by atoms with Crippen molar-refractivity contribution in [3.63, 3.8) is 0 Å². The maximum Gasteiger partial charge on any atom is 0.175 e. The quantitative estimate of drug-likeness (QED) is 0.775. The molecular formula is C13H12N4O2S. The van der Waals surface area contributed by atoms with E-state index in [4.69, 9.17) is 0 Å². The third-order valence-electron chi connectivity index (χ3n) is 2.91. The molecule has 0 saturated carbocycles. The van der Waals surface area contributed by atoms with E-state index in [-0.39, 0.29) is 4.90 Å². The van der Waals surface area contributed by atoms with Crippen LogP contribution in [0.4, 0.5) is 0 Å². The van der Waals surface area contributed by atoms with Crippen LogP contribution in [0.25, 0.3) is 22.6 Å². The first-order chi connectivity index (χ1) is 9.43. The number of aromatic nitrogens is 4. The number of imidazole rings is 1. The van der Waals surface area contributed by atoms with Gasteiger partial charge >= 0.3 is 0 Å². The number of nitrogens with one attached hydrogen (secondary N) is 1. The number of fused-ring (bicyclic) bond motifs is 1. The zero-order valence-corrected chi connectivity index (χ0v) is 11.8. The van der Waals surface area contributed by atoms with Crippen LogP contribution in [-0.2, 0) is 9.84 Å². The van der Waals surface area contributed by atoms with Crippen molar-refractivity contribution in [2.75, 3.05) is 6.26 Å². The van der Waals surface area contributed by atoms with Crippen LogP contribution < -0.4 is 0 Å². The molecule has 3 aromatic rings. The van der Waals surface area contributed by atoms with Crippen molar-refractivity contribution in [3.8, 4) is 11.5 Å². The maximum absolute atomic E-state index is 11.5. The molecule has 0 unspecified atom stereocenters. The van der Waals surface area contributed by atoms with Crippen LogP contribution in [0, 0.1) is 6.92 Å². The molecule has 2 aromatic heterocycles. The molecule has 0 aliphatic heterocycles. The van der Waals surface area contributed by atoms with Crippen molar-refractivity contribution < 1.29 is 8.42 Å². The van der Waals surface area contributed by atoms with Crippen molar-refractivity contribution in [2.24, 2.45) is 0 Å². The Balaban J connectivity index is 2.13. The van der Waals surface area contributed by atoms with Gasteiger partial charge in [0.1, 0.15) is 5.69 Å². The van der Waals surface area contributed by atoms with Crippen LogP contribution in [0.2, 0.25) is 0 Å². The molecule has 7 heteroatoms. The smallest absolute Gasteiger partial charge is 0.175 e. The SMILES string of the molecule is Cc1cnc(-c2nc3ccc(S(C)(=O)=O)cc3[nH]2)cn1. The van der Waals surface area contributed by atoms with Gasteiger partial charge in [-0.05, 0) is 25.1 Å². The monoisotopic (exact) mass is 288 g/mol. The van der Waals surface area contributed by atoms with Crippen LogP contribution >= 0.6 is 0 Å². The normalized spacial score (nSPS) is 11.9. The van der Waals surface area contributed by atoms with E-state index in [0.717, 1.165) is 5.69 Å². The molecule has 0 bridgehead atoms. The van der Waals surface area contributed by atoms with Crippen molar-refractivity contribution in [1.82, 2.24) is 19.9 Å². The van der Waals surface area contributed by atoms with Crippen LogP contribution in [0.3, 0.4) is 0 Å². The molecule has 102 valence electrons. The molecule has 0 saturated heterocycles. The first-order valence-electron chi connectivity index (χ1n) is 5.92. The maximum atomic E-state index is 11.5. The number of hydrogen-bond acceptors (Lipinski definition) is 5. The molecule has 0 spiro atoms. The molecule has 0 atom stereocenters. The lowest BCUT2D eigenvalue weighted by molar-refractivity contribution is 0.602. The van der Waals surface area contributed by atoms with Crippen LogP contribution in [-0.4, -0.2) is 34.6 Å². The van der Waals surface area contributed by atoms with Crippen LogP contribution in [0.15, 0.2) is 35.5 Å². The minimum Gasteiger partial charge on any atom is -0.337 e. The Morgan fingerprint density at radius 2 is 1.95 bits per heavy atom. The minimum atomic E-state index is -3.23. The Morgan fingerprint density at radius 1 is 1.15 bits per heavy atom. The second kappa shape index (κ2) is 4.38. The van der Waals surface area contributed by atoms with E-state index in [1.54, 1.807) is 30.6 Å². The number of hydrogen-bond donors (Lipinski definition) is 1. The summed E-state index contributed by atoms with van der Waals surface area (Å²) in [7, 11) is -3.23. The highest BCUT2D eigenvalue weighted by molar-refractivity contribution is 7.90. The Kier molecular flexibility index (Phi) is 2.79. The Hall–Kier alpha value is -2.28. The van der Waals surface area contributed by atoms with Crippen molar-refractivity contribution >= 4 is 20.9 Å². The summed E-state index contributed by atoms with van der Waals surface area (Å²) in [6.07, 6.45) is 4.46. The van der Waals surface area contributed by atoms with Gasteiger partial charge in [0.25, 0.3) is 0 Å². The molecular weight excluding hydrogens is 276 g/mol. The molecule has 0 aliphatic rings. The third kappa shape index (κ3) is 2.27. The van der Waals surface area contributed by atoms with Gasteiger partial charge in [0.2, 0.25) is 0 Å². The molecule has 1 aromatic carbocycles. The molecule has 0 fully saturated rings. The first kappa shape index (κ1) is 12.7. The van der Waals surface area contributed by atoms with Crippen molar-refractivity contribution in [3.05, 3.63) is 36.3 Å². The number of rotatable bonds is 2. The molecule has 0 radical (unpaired) electrons. The molecule has 2 heterocycles. The summed E-state index contributed by atoms with van der Waals surface area (Å²) in [6.45, 7) is 1.85. The lowest BCUT2D eigenvalue weighted by Gasteiger charge is -1.96. The predicted molar refractivity (Wildman–Crippen MR) is 75.0 cm³/mol. The number of sulfone groups is 1. The zero-order chi connectivity index (χ0) is 14.3. The summed E-state index contributed by atoms with van der Waals surface area (Å²) < 4.78 is 23.1. The molecule has 1 N–H and O–H groups in total. The molecule has 20 heavy (non-hydrogen) atoms. The van der Waals surface area contributed by atoms with Gasteiger partial charge in [-0.15, -0.1) is 0 Å². The summed E-state index contributed by atoms with van der Waals surface area (Å²) in [6, 6.07) is 4.79. The minimum absolute atomic E-state index is 0.259. The molecule has 0 aliphatic carbocycles. The number of H-pyrrole nitrogens is 1. The fourth-order valence-corrected chi connectivity index (χ4v) is 2.50. The van der Waals surface area contributed by atoms with E-state index in [1.165, 1.54) is 6.26 Å². The summed E-state index contributed by atoms with van der Waals surface area (Å²) in [5, 5.41) is 0. The van der Waals surface area contributed by atoms with E-state index in [2.05, 4.69) is 19.9 Å². The fraction of sp³-hybridized carbons (Fsp3) is 0.154. The summed E-state index contributed by atoms with van der Waals surface area (Å²) in [5.74, 6) is 0.568. The Morgan fingerprint density at radius 3 is 2.60 bits per heavy atom. The zero-order valence-electron chi connectivity index (χ0n) is 11.0. The summed E-state index contributed by atoms with van der Waals surface area (Å²) in [5.41, 5.74) is 2.79. The lowest BCUT2D eigenvalue weighted by Crippen LogP contribution is -1.96. The van der Waals surface area contributed by atoms with Gasteiger partial charge in [-0.2, -0.15) is 0 Å². The van der Waals surface area contributed by atoms with Crippen molar-refractivity contribution in [2.45, 2.75) is 11.8 Å². The Bertz CT molecular complexity index is 882. The lowest BCUT2D eigenvalue weighted by atomic mass is 10.3. The van der Waals surface area contributed by atoms with E-state index >= 15 is 0 Å². The largest absolute Gasteiger partial charge is 0.337 e. The highest BCUT2D eigenvalue weighted by Gasteiger charge is 2.11. The first-order valence-corrected chi connectivity index (χ1v) is 7.81. The van der Waals surface area contributed by atoms with Gasteiger partial charge in [0.15, 0.2) is 15.7 Å². The van der Waals surface area contributed by atoms with Gasteiger partial charge in [-0.1, -0.05) is 0 Å². The van der Waals surface area contributed by atoms with E-state index in [1.807, 2.05) is 6.92 Å². The van der Waals surface area contributed by atoms with Gasteiger partial charge in [0.05, 0.1) is 27.8 Å². The number of nitrogens with zero attached hydrogens (tertiary/aromatic N) is 3. The van der Waals surface area contributed by atoms with E-state index < -0.39 is 9.84 Å². The second-order valence-electron chi connectivity index (χ2n) is 4.58. The molecule has 6 nitrogen and oxygen atoms in total. The number of aryl methyl sites for hydroxylation is 1. The summed E-state index contributed by atoms with van der Waals surface area (Å²) >= 11 is 0. The van der Waals surface area contributed by atoms with E-state index in [0.29, 0.717) is 22.6 Å². The van der Waals surface area contributed by atoms with Gasteiger partial charge in [-0.3, -0.25) is 4.98 Å². The average Bonchev–Trinajstić information content (AvgIpc) is 2.81. The van der Waals surface area contributed by atoms with Gasteiger partial charge < -0.3 is 4.98 Å². The highest BCUT2D eigenvalue weighted by atomic mass is 32.2. The van der Waals surface area contributed by atoms with Gasteiger partial charge in [-0.25, -0.2) is 18.4 Å². The third-order valence-corrected chi connectivity index (χ3v) is 4.02. The standard InChI is InChI=1S/C13H12N4O2S/c1-8-6-15-12(7-14-8)13-16-10-4-3-9(20(2,18)19)5-11(10)17-13/h3-7H,1-2H3,(H,16,17). The molecule has 0 amide bonds. The van der Waals surface area contributed by atoms with Gasteiger partial charge in [0, 0.05) is 12.5 Å². The van der Waals surface area contributed by atoms with Crippen molar-refractivity contribution in [1.29, 1.82) is 0 Å². The molecule has 3 rings (SSSR count). The average molecular weight is 288 g/mol. The number of benzene rings is 1. The number of aromatic amines is 1. The predicted octanol–water partition coefficient (Wildman–Crippen LogP) is 1.73. The van der Waals surface area contributed by atoms with Crippen LogP contribution in [0.1, 0.15) is 5.69 Å². The summed E-state index contributed by atoms with van der Waals surface area (Å²) in [4.78, 5) is 16.1. The Labute approximate surface area is 115 Å². The second-order valence-corrected chi connectivity index (χ2v) is 6.60. The highest BCUT2D eigenvalue weighted by Crippen LogP contribution is 2.21. The van der Waals surface area contributed by atoms with E-state index in [9.17, 15) is 8.42 Å².